The van der Waals surface area contributed by atoms with Gasteiger partial charge in [-0.2, -0.15) is 0 Å². The molecule has 14 nitrogen and oxygen atoms in total. The maximum Gasteiger partial charge on any atom is 0.307 e. The topological polar surface area (TPSA) is 219 Å². The fraction of sp³-hybridized carbons (Fsp3) is 0.719. The van der Waals surface area contributed by atoms with E-state index in [1.54, 1.807) is 13.8 Å². The van der Waals surface area contributed by atoms with Gasteiger partial charge in [0.25, 0.3) is 0 Å². The average Bonchev–Trinajstić information content (AvgIpc) is 3.01. The minimum Gasteiger partial charge on any atom is -0.463 e. The van der Waals surface area contributed by atoms with E-state index in [2.05, 4.69) is 0 Å². The monoisotopic (exact) mass is 656 g/mol. The van der Waals surface area contributed by atoms with Gasteiger partial charge in [0.05, 0.1) is 18.9 Å². The lowest BCUT2D eigenvalue weighted by Gasteiger charge is -2.45. The zero-order chi connectivity index (χ0) is 34.5. The van der Waals surface area contributed by atoms with Crippen LogP contribution in [0.3, 0.4) is 0 Å². The number of hydrogen-bond donors (Lipinski definition) is 6. The zero-order valence-corrected chi connectivity index (χ0v) is 27.1. The van der Waals surface area contributed by atoms with Gasteiger partial charge >= 0.3 is 11.9 Å². The van der Waals surface area contributed by atoms with Crippen LogP contribution in [0.5, 0.6) is 0 Å². The van der Waals surface area contributed by atoms with Crippen LogP contribution in [0.15, 0.2) is 34.9 Å². The number of carbonyl (C=O) groups excluding carboxylic acids is 3. The van der Waals surface area contributed by atoms with Crippen molar-refractivity contribution in [3.63, 3.8) is 0 Å². The van der Waals surface area contributed by atoms with E-state index in [-0.39, 0.29) is 18.6 Å². The first-order chi connectivity index (χ1) is 21.5. The minimum absolute atomic E-state index is 0.247. The van der Waals surface area contributed by atoms with E-state index in [0.29, 0.717) is 5.57 Å². The number of rotatable bonds is 11. The van der Waals surface area contributed by atoms with E-state index < -0.39 is 104 Å². The molecule has 14 heteroatoms. The molecule has 3 rings (SSSR count). The van der Waals surface area contributed by atoms with Crippen LogP contribution < -0.4 is 0 Å². The molecule has 0 spiro atoms. The van der Waals surface area contributed by atoms with Gasteiger partial charge in [0, 0.05) is 6.42 Å². The Morgan fingerprint density at radius 1 is 0.935 bits per heavy atom. The molecule has 2 heterocycles. The molecule has 260 valence electrons. The average molecular weight is 657 g/mol. The molecule has 0 aromatic rings. The van der Waals surface area contributed by atoms with Crippen molar-refractivity contribution in [3.8, 4) is 0 Å². The second-order valence-electron chi connectivity index (χ2n) is 12.6. The molecule has 46 heavy (non-hydrogen) atoms. The Labute approximate surface area is 268 Å². The summed E-state index contributed by atoms with van der Waals surface area (Å²) >= 11 is 0. The second-order valence-corrected chi connectivity index (χ2v) is 12.6. The molecule has 3 aliphatic rings. The predicted octanol–water partition coefficient (Wildman–Crippen LogP) is 0.101. The molecule has 0 radical (unpaired) electrons. The van der Waals surface area contributed by atoms with Crippen molar-refractivity contribution < 1.29 is 68.7 Å². The highest BCUT2D eigenvalue weighted by atomic mass is 16.7. The number of carbonyl (C=O) groups is 3. The molecule has 0 saturated carbocycles. The molecule has 1 aliphatic carbocycles. The summed E-state index contributed by atoms with van der Waals surface area (Å²) in [5, 5.41) is 61.4. The van der Waals surface area contributed by atoms with Crippen molar-refractivity contribution in [3.05, 3.63) is 34.9 Å². The van der Waals surface area contributed by atoms with Gasteiger partial charge in [-0.25, -0.2) is 0 Å². The Hall–Kier alpha value is -2.53. The first-order valence-corrected chi connectivity index (χ1v) is 15.5. The number of aliphatic hydroxyl groups is 6. The maximum atomic E-state index is 13.0. The molecule has 0 bridgehead atoms. The third kappa shape index (κ3) is 8.88. The summed E-state index contributed by atoms with van der Waals surface area (Å²) in [4.78, 5) is 38.2. The Balaban J connectivity index is 1.57. The molecular formula is C32H48O14. The standard InChI is InChI=1S/C32H48O14/c1-7-15(3)9-10-17-16(4)23(35)19(13-32(17,5)6)43-22(34)12-11-21(33)42-14-20-29(26(38)27(39)30(41)44-20)46-31-28(40)25(37)24(36)18(8-2)45-31/h7,9-10,18-20,24-31,36-41H,8,11-14H2,1-6H3/b10-9+,15-7+. The van der Waals surface area contributed by atoms with Crippen molar-refractivity contribution in [1.82, 2.24) is 0 Å². The third-order valence-corrected chi connectivity index (χ3v) is 8.70. The number of allylic oxidation sites excluding steroid dienone is 5. The Bertz CT molecular complexity index is 1190. The number of ketones is 1. The summed E-state index contributed by atoms with van der Waals surface area (Å²) in [6.07, 6.45) is -11.2. The summed E-state index contributed by atoms with van der Waals surface area (Å²) in [5.41, 5.74) is 1.93. The lowest BCUT2D eigenvalue weighted by molar-refractivity contribution is -0.353. The summed E-state index contributed by atoms with van der Waals surface area (Å²) in [6.45, 7) is 10.5. The van der Waals surface area contributed by atoms with E-state index in [4.69, 9.17) is 23.7 Å². The van der Waals surface area contributed by atoms with Crippen LogP contribution in [0.4, 0.5) is 0 Å². The molecule has 11 atom stereocenters. The van der Waals surface area contributed by atoms with Gasteiger partial charge < -0.3 is 54.3 Å². The van der Waals surface area contributed by atoms with Gasteiger partial charge in [-0.3, -0.25) is 14.4 Å². The molecule has 0 amide bonds. The van der Waals surface area contributed by atoms with Crippen LogP contribution in [0.25, 0.3) is 0 Å². The largest absolute Gasteiger partial charge is 0.463 e. The molecule has 6 N–H and O–H groups in total. The molecule has 2 fully saturated rings. The quantitative estimate of drug-likeness (QED) is 0.128. The summed E-state index contributed by atoms with van der Waals surface area (Å²) < 4.78 is 27.1. The first kappa shape index (κ1) is 37.9. The van der Waals surface area contributed by atoms with Crippen LogP contribution in [0.2, 0.25) is 0 Å². The van der Waals surface area contributed by atoms with Crippen molar-refractivity contribution in [2.45, 2.75) is 135 Å². The first-order valence-electron chi connectivity index (χ1n) is 15.5. The van der Waals surface area contributed by atoms with Gasteiger partial charge in [0.15, 0.2) is 24.5 Å². The summed E-state index contributed by atoms with van der Waals surface area (Å²) in [5.74, 6) is -1.96. The fourth-order valence-corrected chi connectivity index (χ4v) is 5.72. The number of ether oxygens (including phenoxy) is 5. The van der Waals surface area contributed by atoms with Crippen LogP contribution >= 0.6 is 0 Å². The van der Waals surface area contributed by atoms with Crippen molar-refractivity contribution >= 4 is 17.7 Å². The predicted molar refractivity (Wildman–Crippen MR) is 159 cm³/mol. The van der Waals surface area contributed by atoms with Crippen molar-refractivity contribution in [1.29, 1.82) is 0 Å². The van der Waals surface area contributed by atoms with E-state index in [1.165, 1.54) is 0 Å². The molecule has 0 aromatic heterocycles. The highest BCUT2D eigenvalue weighted by Crippen LogP contribution is 2.41. The van der Waals surface area contributed by atoms with Crippen LogP contribution in [0, 0.1) is 5.41 Å². The van der Waals surface area contributed by atoms with Crippen LogP contribution in [-0.2, 0) is 38.1 Å². The SMILES string of the molecule is C/C=C(C)/C=C/C1=C(C)C(=O)C(OC(=O)CCC(=O)OCC2OC(O)C(O)C(O)C2OC2OC(CC)C(O)C(O)C2O)CC1(C)C. The Morgan fingerprint density at radius 2 is 1.59 bits per heavy atom. The molecule has 2 aliphatic heterocycles. The van der Waals surface area contributed by atoms with E-state index in [9.17, 15) is 45.0 Å². The molecular weight excluding hydrogens is 608 g/mol. The Morgan fingerprint density at radius 3 is 2.22 bits per heavy atom. The van der Waals surface area contributed by atoms with Gasteiger partial charge in [-0.1, -0.05) is 44.6 Å². The molecule has 11 unspecified atom stereocenters. The number of Topliss-reactive ketones (excluding diaryl/α,β-unsaturated/α-hetero) is 1. The molecule has 0 aromatic carbocycles. The fourth-order valence-electron chi connectivity index (χ4n) is 5.72. The second kappa shape index (κ2) is 16.0. The zero-order valence-electron chi connectivity index (χ0n) is 27.1. The molecule has 2 saturated heterocycles. The highest BCUT2D eigenvalue weighted by Gasteiger charge is 2.50. The smallest absolute Gasteiger partial charge is 0.307 e. The van der Waals surface area contributed by atoms with E-state index >= 15 is 0 Å². The third-order valence-electron chi connectivity index (χ3n) is 8.70. The minimum atomic E-state index is -1.88. The van der Waals surface area contributed by atoms with Crippen molar-refractivity contribution in [2.24, 2.45) is 5.41 Å². The van der Waals surface area contributed by atoms with Crippen LogP contribution in [-0.4, -0.2) is 122 Å². The highest BCUT2D eigenvalue weighted by molar-refractivity contribution is 6.01. The van der Waals surface area contributed by atoms with E-state index in [1.807, 2.05) is 45.9 Å². The summed E-state index contributed by atoms with van der Waals surface area (Å²) in [6, 6.07) is 0. The normalized spacial score (nSPS) is 37.0. The van der Waals surface area contributed by atoms with Gasteiger partial charge in [0.1, 0.15) is 49.3 Å². The van der Waals surface area contributed by atoms with Gasteiger partial charge in [-0.05, 0) is 43.8 Å². The number of esters is 2. The van der Waals surface area contributed by atoms with Gasteiger partial charge in [0.2, 0.25) is 0 Å². The Kier molecular flexibility index (Phi) is 13.2. The van der Waals surface area contributed by atoms with Crippen molar-refractivity contribution in [2.75, 3.05) is 6.61 Å². The lowest BCUT2D eigenvalue weighted by atomic mass is 9.71. The lowest BCUT2D eigenvalue weighted by Crippen LogP contribution is -2.64. The van der Waals surface area contributed by atoms with Gasteiger partial charge in [-0.15, -0.1) is 0 Å². The maximum absolute atomic E-state index is 13.0. The number of aliphatic hydroxyl groups excluding tert-OH is 6. The van der Waals surface area contributed by atoms with E-state index in [0.717, 1.165) is 11.1 Å². The van der Waals surface area contributed by atoms with Crippen LogP contribution in [0.1, 0.15) is 67.2 Å². The number of hydrogen-bond acceptors (Lipinski definition) is 14. The summed E-state index contributed by atoms with van der Waals surface area (Å²) in [7, 11) is 0.